The van der Waals surface area contributed by atoms with Gasteiger partial charge in [0.1, 0.15) is 17.2 Å². The first-order valence-corrected chi connectivity index (χ1v) is 12.8. The Morgan fingerprint density at radius 3 is 2.15 bits per heavy atom. The first-order chi connectivity index (χ1) is 19.7. The number of alkyl halides is 3. The van der Waals surface area contributed by atoms with E-state index >= 15 is 0 Å². The second-order valence-electron chi connectivity index (χ2n) is 9.96. The number of H-pyrrole nitrogens is 1. The van der Waals surface area contributed by atoms with Crippen molar-refractivity contribution in [3.05, 3.63) is 119 Å². The second-order valence-corrected chi connectivity index (χ2v) is 9.96. The molecule has 0 atom stereocenters. The summed E-state index contributed by atoms with van der Waals surface area (Å²) < 4.78 is 45.8. The molecule has 0 saturated heterocycles. The van der Waals surface area contributed by atoms with Gasteiger partial charge in [-0.25, -0.2) is 20.0 Å². The first kappa shape index (κ1) is 24.8. The highest BCUT2D eigenvalue weighted by molar-refractivity contribution is 6.33. The Morgan fingerprint density at radius 1 is 0.780 bits per heavy atom. The second kappa shape index (κ2) is 8.91. The van der Waals surface area contributed by atoms with Crippen LogP contribution < -0.4 is 5.32 Å². The van der Waals surface area contributed by atoms with Gasteiger partial charge in [0.05, 0.1) is 56.8 Å². The van der Waals surface area contributed by atoms with E-state index in [-0.39, 0.29) is 11.4 Å². The number of rotatable bonds is 1. The molecule has 2 N–H and O–H groups in total. The predicted octanol–water partition coefficient (Wildman–Crippen LogP) is 5.43. The van der Waals surface area contributed by atoms with Gasteiger partial charge >= 0.3 is 6.18 Å². The zero-order valence-electron chi connectivity index (χ0n) is 22.2. The van der Waals surface area contributed by atoms with Crippen molar-refractivity contribution < 1.29 is 13.2 Å². The van der Waals surface area contributed by atoms with Crippen LogP contribution in [0.4, 0.5) is 13.2 Å². The zero-order chi connectivity index (χ0) is 28.5. The van der Waals surface area contributed by atoms with Crippen molar-refractivity contribution in [1.29, 1.82) is 0 Å². The van der Waals surface area contributed by atoms with Gasteiger partial charge in [0.25, 0.3) is 0 Å². The Bertz CT molecular complexity index is 1870. The van der Waals surface area contributed by atoms with Gasteiger partial charge in [-0.1, -0.05) is 0 Å². The number of aromatic amines is 1. The molecule has 8 nitrogen and oxygen atoms in total. The normalized spacial score (nSPS) is 21.5. The summed E-state index contributed by atoms with van der Waals surface area (Å²) in [5.41, 5.74) is 4.26. The maximum atomic E-state index is 14.7. The van der Waals surface area contributed by atoms with Crippen molar-refractivity contribution in [2.75, 3.05) is 7.05 Å². The van der Waals surface area contributed by atoms with Gasteiger partial charge in [-0.2, -0.15) is 13.2 Å². The molecule has 2 aromatic rings. The number of aryl methyl sites for hydroxylation is 1. The van der Waals surface area contributed by atoms with Gasteiger partial charge in [0, 0.05) is 44.5 Å². The summed E-state index contributed by atoms with van der Waals surface area (Å²) in [6, 6.07) is 3.07. The van der Waals surface area contributed by atoms with Gasteiger partial charge in [-0.3, -0.25) is 0 Å². The van der Waals surface area contributed by atoms with Crippen molar-refractivity contribution >= 4 is 33.9 Å². The number of nitrogens with one attached hydrogen (secondary N) is 2. The summed E-state index contributed by atoms with van der Waals surface area (Å²) >= 11 is 0. The molecule has 0 amide bonds. The lowest BCUT2D eigenvalue weighted by molar-refractivity contribution is -0.0695. The van der Waals surface area contributed by atoms with E-state index in [1.54, 1.807) is 35.3 Å². The summed E-state index contributed by atoms with van der Waals surface area (Å²) in [6.07, 6.45) is 12.8. The molecular weight excluding hydrogens is 529 g/mol. The molecule has 5 aliphatic rings. The highest BCUT2D eigenvalue weighted by Gasteiger charge is 2.39. The molecule has 0 unspecified atom stereocenters. The summed E-state index contributed by atoms with van der Waals surface area (Å²) in [4.78, 5) is 23.6. The molecule has 0 aromatic carbocycles. The number of allylic oxidation sites excluding steroid dienone is 10. The van der Waals surface area contributed by atoms with Crippen LogP contribution in [0, 0.1) is 0 Å². The average molecular weight is 553 g/mol. The van der Waals surface area contributed by atoms with E-state index in [4.69, 9.17) is 9.98 Å². The maximum Gasteiger partial charge on any atom is 0.420 e. The van der Waals surface area contributed by atoms with E-state index in [1.165, 1.54) is 12.1 Å². The summed E-state index contributed by atoms with van der Waals surface area (Å²) in [6.45, 7) is 1.95. The van der Waals surface area contributed by atoms with Gasteiger partial charge in [0.15, 0.2) is 0 Å². The number of aromatic nitrogens is 3. The Morgan fingerprint density at radius 2 is 1.44 bits per heavy atom. The van der Waals surface area contributed by atoms with Crippen molar-refractivity contribution in [2.45, 2.75) is 13.1 Å². The molecule has 0 spiro atoms. The molecule has 11 heteroatoms. The molecule has 0 fully saturated rings. The number of aliphatic imine (C=N–C) groups is 3. The minimum atomic E-state index is -4.68. The van der Waals surface area contributed by atoms with Crippen LogP contribution >= 0.6 is 0 Å². The zero-order valence-corrected chi connectivity index (χ0v) is 22.2. The molecule has 0 aliphatic carbocycles. The number of hydrogen-bond donors (Lipinski definition) is 2. The van der Waals surface area contributed by atoms with Crippen molar-refractivity contribution in [3.63, 3.8) is 0 Å². The van der Waals surface area contributed by atoms with E-state index in [0.29, 0.717) is 57.0 Å². The Labute approximate surface area is 233 Å². The van der Waals surface area contributed by atoms with Crippen LogP contribution in [0.15, 0.2) is 117 Å². The van der Waals surface area contributed by atoms with E-state index < -0.39 is 11.7 Å². The number of nitrogens with zero attached hydrogens (tertiary/aromatic N) is 6. The molecule has 2 aromatic heterocycles. The van der Waals surface area contributed by atoms with Crippen LogP contribution in [0.25, 0.3) is 16.7 Å². The SMILES string of the molecule is CC1=C2C=CC(=N2)/C(=C2\NC=CN2C)c2ccc([nH]2)C(C(F)(F)F)=C2C=CC(=N2)C(c2nccn2C)=C2C=CC1=N2. The third-order valence-corrected chi connectivity index (χ3v) is 7.37. The lowest BCUT2D eigenvalue weighted by Crippen LogP contribution is -2.19. The standard InChI is InChI=1S/C30H23F3N8/c1-16-17-4-6-19(36-17)25(28-34-12-14-40(28)2)21-8-10-23(38-21)27(30(31,32)33)24-11-9-22(39-24)26(20-7-5-18(16)37-20)29-35-13-15-41(29)3/h4-15,34,38H,1-3H3/b17-16?,26-20?,27-24?,28-25-. The molecule has 8 bridgehead atoms. The fourth-order valence-corrected chi connectivity index (χ4v) is 5.32. The van der Waals surface area contributed by atoms with Gasteiger partial charge in [0.2, 0.25) is 0 Å². The first-order valence-electron chi connectivity index (χ1n) is 12.8. The molecule has 0 radical (unpaired) electrons. The maximum absolute atomic E-state index is 14.7. The summed E-state index contributed by atoms with van der Waals surface area (Å²) in [7, 11) is 3.68. The van der Waals surface area contributed by atoms with Gasteiger partial charge < -0.3 is 19.8 Å². The fraction of sp³-hybridized carbons (Fsp3) is 0.133. The third-order valence-electron chi connectivity index (χ3n) is 7.37. The fourth-order valence-electron chi connectivity index (χ4n) is 5.32. The Kier molecular flexibility index (Phi) is 5.40. The molecule has 41 heavy (non-hydrogen) atoms. The molecule has 0 saturated carbocycles. The van der Waals surface area contributed by atoms with Gasteiger partial charge in [-0.05, 0) is 55.5 Å². The monoisotopic (exact) mass is 552 g/mol. The van der Waals surface area contributed by atoms with Gasteiger partial charge in [-0.15, -0.1) is 0 Å². The number of fused-ring (bicyclic) bond motifs is 5. The lowest BCUT2D eigenvalue weighted by Gasteiger charge is -2.17. The van der Waals surface area contributed by atoms with E-state index in [0.717, 1.165) is 5.57 Å². The minimum absolute atomic E-state index is 0.0993. The van der Waals surface area contributed by atoms with Crippen LogP contribution in [0.3, 0.4) is 0 Å². The molecule has 7 heterocycles. The predicted molar refractivity (Wildman–Crippen MR) is 153 cm³/mol. The van der Waals surface area contributed by atoms with Crippen molar-refractivity contribution in [2.24, 2.45) is 22.0 Å². The number of imidazole rings is 1. The molecule has 204 valence electrons. The highest BCUT2D eigenvalue weighted by atomic mass is 19.4. The number of halogens is 3. The van der Waals surface area contributed by atoms with E-state index in [1.807, 2.05) is 56.4 Å². The molecule has 7 rings (SSSR count). The van der Waals surface area contributed by atoms with E-state index in [9.17, 15) is 13.2 Å². The Hall–Kier alpha value is -5.19. The van der Waals surface area contributed by atoms with Crippen LogP contribution in [-0.2, 0) is 7.05 Å². The minimum Gasteiger partial charge on any atom is -0.354 e. The molecular formula is C30H23F3N8. The summed E-state index contributed by atoms with van der Waals surface area (Å²) in [5, 5.41) is 3.20. The lowest BCUT2D eigenvalue weighted by atomic mass is 10.1. The highest BCUT2D eigenvalue weighted by Crippen LogP contribution is 2.40. The van der Waals surface area contributed by atoms with Crippen LogP contribution in [0.1, 0.15) is 24.1 Å². The van der Waals surface area contributed by atoms with Crippen LogP contribution in [0.2, 0.25) is 0 Å². The van der Waals surface area contributed by atoms with Crippen LogP contribution in [0.5, 0.6) is 0 Å². The molecule has 5 aliphatic heterocycles. The number of hydrogen-bond acceptors (Lipinski definition) is 6. The smallest absolute Gasteiger partial charge is 0.354 e. The third kappa shape index (κ3) is 4.00. The summed E-state index contributed by atoms with van der Waals surface area (Å²) in [5.74, 6) is 1.23. The van der Waals surface area contributed by atoms with Crippen LogP contribution in [-0.4, -0.2) is 49.8 Å². The topological polar surface area (TPSA) is 86.0 Å². The van der Waals surface area contributed by atoms with Crippen molar-refractivity contribution in [1.82, 2.24) is 24.8 Å². The Balaban J connectivity index is 1.54. The van der Waals surface area contributed by atoms with Crippen molar-refractivity contribution in [3.8, 4) is 0 Å². The quantitative estimate of drug-likeness (QED) is 0.495. The average Bonchev–Trinajstić information content (AvgIpc) is 3.76. The van der Waals surface area contributed by atoms with E-state index in [2.05, 4.69) is 20.3 Å². The largest absolute Gasteiger partial charge is 0.420 e.